The molecule has 0 aromatic heterocycles. The van der Waals surface area contributed by atoms with Gasteiger partial charge in [0.1, 0.15) is 0 Å². The van der Waals surface area contributed by atoms with Gasteiger partial charge in [0, 0.05) is 33.3 Å². The van der Waals surface area contributed by atoms with E-state index in [1.165, 1.54) is 199 Å². The third kappa shape index (κ3) is 25.9. The van der Waals surface area contributed by atoms with Crippen LogP contribution in [0.25, 0.3) is 0 Å². The van der Waals surface area contributed by atoms with Crippen LogP contribution in [0.5, 0.6) is 0 Å². The quantitative estimate of drug-likeness (QED) is 0.0451. The van der Waals surface area contributed by atoms with E-state index in [9.17, 15) is 0 Å². The van der Waals surface area contributed by atoms with Crippen molar-refractivity contribution in [1.29, 1.82) is 0 Å². The first-order valence-corrected chi connectivity index (χ1v) is 36.1. The fourth-order valence-electron chi connectivity index (χ4n) is 11.9. The molecule has 0 aliphatic heterocycles. The van der Waals surface area contributed by atoms with Gasteiger partial charge in [-0.05, 0) is 118 Å². The SMILES string of the molecule is CCCCCCCCCCCCC(O[Si]CC1CC2CC(CC(C(CCCCCCCCCCCC)C(CCCC)CO[Si](C)(C)C)[Si](C)(C)C)C1C2)C(CC)COCCC. The number of fused-ring (bicyclic) bond motifs is 2. The summed E-state index contributed by atoms with van der Waals surface area (Å²) in [7, 11) is -2.33. The van der Waals surface area contributed by atoms with Crippen LogP contribution in [-0.2, 0) is 13.6 Å². The van der Waals surface area contributed by atoms with Crippen LogP contribution >= 0.6 is 0 Å². The topological polar surface area (TPSA) is 27.7 Å². The van der Waals surface area contributed by atoms with Crippen molar-refractivity contribution in [2.45, 2.75) is 291 Å². The van der Waals surface area contributed by atoms with Crippen molar-refractivity contribution in [2.75, 3.05) is 19.8 Å². The van der Waals surface area contributed by atoms with E-state index in [1.54, 1.807) is 0 Å². The van der Waals surface area contributed by atoms with Crippen LogP contribution in [0.3, 0.4) is 0 Å². The lowest BCUT2D eigenvalue weighted by Crippen LogP contribution is -2.41. The third-order valence-corrected chi connectivity index (χ3v) is 20.7. The average Bonchev–Trinajstić information content (AvgIpc) is 3.81. The van der Waals surface area contributed by atoms with Gasteiger partial charge in [-0.1, -0.05) is 202 Å². The molecule has 61 heavy (non-hydrogen) atoms. The van der Waals surface area contributed by atoms with Crippen LogP contribution in [0, 0.1) is 41.4 Å². The van der Waals surface area contributed by atoms with Crippen LogP contribution in [0.4, 0.5) is 0 Å². The number of hydrogen-bond donors (Lipinski definition) is 0. The third-order valence-electron chi connectivity index (χ3n) is 15.6. The summed E-state index contributed by atoms with van der Waals surface area (Å²) in [5.74, 6) is 5.89. The molecule has 0 amide bonds. The highest BCUT2D eigenvalue weighted by atomic mass is 28.4. The first-order valence-electron chi connectivity index (χ1n) is 28.0. The summed E-state index contributed by atoms with van der Waals surface area (Å²) >= 11 is 0. The van der Waals surface area contributed by atoms with Gasteiger partial charge in [-0.15, -0.1) is 0 Å². The molecule has 0 aromatic carbocycles. The second-order valence-electron chi connectivity index (χ2n) is 23.1. The van der Waals surface area contributed by atoms with Crippen LogP contribution in [0.2, 0.25) is 50.9 Å². The summed E-state index contributed by atoms with van der Waals surface area (Å²) in [6, 6.07) is 1.32. The summed E-state index contributed by atoms with van der Waals surface area (Å²) in [6.07, 6.45) is 43.9. The first kappa shape index (κ1) is 57.7. The molecule has 0 heterocycles. The Morgan fingerprint density at radius 3 is 1.54 bits per heavy atom. The zero-order valence-electron chi connectivity index (χ0n) is 43.7. The largest absolute Gasteiger partial charge is 0.417 e. The lowest BCUT2D eigenvalue weighted by atomic mass is 9.74. The van der Waals surface area contributed by atoms with E-state index in [2.05, 4.69) is 73.9 Å². The molecular weight excluding hydrogens is 793 g/mol. The molecular formula is C55H112O3Si3. The van der Waals surface area contributed by atoms with Crippen molar-refractivity contribution in [3.8, 4) is 0 Å². The monoisotopic (exact) mass is 905 g/mol. The van der Waals surface area contributed by atoms with E-state index >= 15 is 0 Å². The minimum atomic E-state index is -1.57. The summed E-state index contributed by atoms with van der Waals surface area (Å²) in [5, 5.41) is 0. The molecule has 2 aliphatic rings. The van der Waals surface area contributed by atoms with Crippen molar-refractivity contribution < 1.29 is 13.6 Å². The van der Waals surface area contributed by atoms with Crippen LogP contribution in [0.15, 0.2) is 0 Å². The second-order valence-corrected chi connectivity index (χ2v) is 34.1. The van der Waals surface area contributed by atoms with Gasteiger partial charge in [0.25, 0.3) is 0 Å². The number of hydrogen-bond acceptors (Lipinski definition) is 3. The molecule has 2 saturated carbocycles. The Balaban J connectivity index is 2.08. The molecule has 0 spiro atoms. The predicted molar refractivity (Wildman–Crippen MR) is 279 cm³/mol. The van der Waals surface area contributed by atoms with Crippen molar-refractivity contribution in [2.24, 2.45) is 41.4 Å². The fourth-order valence-corrected chi connectivity index (χ4v) is 16.6. The molecule has 2 radical (unpaired) electrons. The molecule has 3 nitrogen and oxygen atoms in total. The molecule has 2 rings (SSSR count). The summed E-state index contributed by atoms with van der Waals surface area (Å²) < 4.78 is 20.1. The second kappa shape index (κ2) is 34.8. The Labute approximate surface area is 389 Å². The maximum Gasteiger partial charge on any atom is 0.230 e. The van der Waals surface area contributed by atoms with Crippen LogP contribution in [0.1, 0.15) is 234 Å². The number of rotatable bonds is 43. The van der Waals surface area contributed by atoms with Gasteiger partial charge in [-0.25, -0.2) is 0 Å². The Morgan fingerprint density at radius 1 is 0.525 bits per heavy atom. The Kier molecular flexibility index (Phi) is 32.9. The Hall–Kier alpha value is 0.531. The standard InChI is InChI=1S/C55H112O3Si3/c1-12-17-20-22-24-26-28-30-32-34-37-52(49(36-19-14-3)45-57-61(9,10)11)55(60(6,7)8)43-50-40-47-41-51(53(50)42-47)46-59-58-54(48(16-5)44-56-39-15-4)38-35-33-31-29-27-25-23-21-18-13-2/h47-55H,12-46H2,1-11H3. The molecule has 2 bridgehead atoms. The van der Waals surface area contributed by atoms with E-state index in [1.807, 2.05) is 0 Å². The van der Waals surface area contributed by atoms with Crippen LogP contribution in [-0.4, -0.2) is 52.1 Å². The maximum atomic E-state index is 7.06. The van der Waals surface area contributed by atoms with Gasteiger partial charge < -0.3 is 13.6 Å². The molecule has 2 fully saturated rings. The van der Waals surface area contributed by atoms with Crippen molar-refractivity contribution in [3.63, 3.8) is 0 Å². The molecule has 0 saturated heterocycles. The van der Waals surface area contributed by atoms with E-state index in [0.717, 1.165) is 67.3 Å². The number of unbranched alkanes of at least 4 members (excludes halogenated alkanes) is 19. The highest BCUT2D eigenvalue weighted by Gasteiger charge is 2.49. The minimum Gasteiger partial charge on any atom is -0.417 e. The van der Waals surface area contributed by atoms with E-state index in [4.69, 9.17) is 13.6 Å². The minimum absolute atomic E-state index is 0.380. The summed E-state index contributed by atoms with van der Waals surface area (Å²) in [6.45, 7) is 30.0. The zero-order valence-corrected chi connectivity index (χ0v) is 46.7. The van der Waals surface area contributed by atoms with Crippen molar-refractivity contribution in [3.05, 3.63) is 0 Å². The molecule has 9 unspecified atom stereocenters. The first-order chi connectivity index (χ1) is 29.4. The maximum absolute atomic E-state index is 7.06. The highest BCUT2D eigenvalue weighted by molar-refractivity contribution is 6.77. The lowest BCUT2D eigenvalue weighted by Gasteiger charge is -2.44. The summed E-state index contributed by atoms with van der Waals surface area (Å²) in [5.41, 5.74) is 0.917. The van der Waals surface area contributed by atoms with Gasteiger partial charge in [-0.2, -0.15) is 0 Å². The molecule has 2 aliphatic carbocycles. The molecule has 9 atom stereocenters. The van der Waals surface area contributed by atoms with Gasteiger partial charge in [-0.3, -0.25) is 0 Å². The number of ether oxygens (including phenoxy) is 1. The predicted octanol–water partition coefficient (Wildman–Crippen LogP) is 18.5. The molecule has 0 aromatic rings. The van der Waals surface area contributed by atoms with Crippen molar-refractivity contribution >= 4 is 26.2 Å². The fraction of sp³-hybridized carbons (Fsp3) is 1.00. The molecule has 362 valence electrons. The lowest BCUT2D eigenvalue weighted by molar-refractivity contribution is 0.0341. The van der Waals surface area contributed by atoms with E-state index < -0.39 is 16.4 Å². The summed E-state index contributed by atoms with van der Waals surface area (Å²) in [4.78, 5) is 0. The average molecular weight is 906 g/mol. The normalized spacial score (nSPS) is 21.9. The van der Waals surface area contributed by atoms with E-state index in [-0.39, 0.29) is 0 Å². The van der Waals surface area contributed by atoms with Crippen LogP contribution < -0.4 is 0 Å². The molecule has 0 N–H and O–H groups in total. The van der Waals surface area contributed by atoms with Gasteiger partial charge in [0.15, 0.2) is 8.32 Å². The van der Waals surface area contributed by atoms with Gasteiger partial charge in [0.05, 0.1) is 6.61 Å². The smallest absolute Gasteiger partial charge is 0.230 e. The van der Waals surface area contributed by atoms with Gasteiger partial charge in [0.2, 0.25) is 9.76 Å². The van der Waals surface area contributed by atoms with Gasteiger partial charge >= 0.3 is 0 Å². The van der Waals surface area contributed by atoms with Crippen molar-refractivity contribution in [1.82, 2.24) is 0 Å². The Morgan fingerprint density at radius 2 is 1.05 bits per heavy atom. The van der Waals surface area contributed by atoms with E-state index in [0.29, 0.717) is 21.8 Å². The zero-order chi connectivity index (χ0) is 44.8. The highest BCUT2D eigenvalue weighted by Crippen LogP contribution is 2.57. The Bertz CT molecular complexity index is 996. The molecule has 6 heteroatoms.